The fourth-order valence-electron chi connectivity index (χ4n) is 2.28. The van der Waals surface area contributed by atoms with Crippen molar-refractivity contribution < 1.29 is 9.90 Å². The molecular formula is C16H12ClNO2. The summed E-state index contributed by atoms with van der Waals surface area (Å²) in [5.74, 6) is -0.141. The van der Waals surface area contributed by atoms with Gasteiger partial charge in [0.25, 0.3) is 5.91 Å². The average molecular weight is 286 g/mol. The summed E-state index contributed by atoms with van der Waals surface area (Å²) < 4.78 is 1.56. The van der Waals surface area contributed by atoms with Crippen molar-refractivity contribution in [2.24, 2.45) is 0 Å². The minimum Gasteiger partial charge on any atom is -0.392 e. The first-order valence-corrected chi connectivity index (χ1v) is 6.58. The quantitative estimate of drug-likeness (QED) is 0.783. The summed E-state index contributed by atoms with van der Waals surface area (Å²) in [6, 6.07) is 14.3. The van der Waals surface area contributed by atoms with Gasteiger partial charge in [-0.3, -0.25) is 9.36 Å². The van der Waals surface area contributed by atoms with Crippen LogP contribution >= 0.6 is 11.6 Å². The molecular weight excluding hydrogens is 274 g/mol. The molecule has 20 heavy (non-hydrogen) atoms. The number of halogens is 1. The molecule has 4 heteroatoms. The van der Waals surface area contributed by atoms with E-state index in [1.54, 1.807) is 35.0 Å². The van der Waals surface area contributed by atoms with Crippen LogP contribution in [-0.4, -0.2) is 15.6 Å². The Labute approximate surface area is 121 Å². The molecule has 0 spiro atoms. The van der Waals surface area contributed by atoms with E-state index in [9.17, 15) is 9.90 Å². The lowest BCUT2D eigenvalue weighted by Crippen LogP contribution is -2.10. The third kappa shape index (κ3) is 2.11. The van der Waals surface area contributed by atoms with Crippen LogP contribution in [0.5, 0.6) is 0 Å². The SMILES string of the molecule is O=C(c1ccc(Cl)cc1)n1cc(CO)c2ccccc21. The molecule has 0 bridgehead atoms. The van der Waals surface area contributed by atoms with Crippen molar-refractivity contribution in [1.29, 1.82) is 0 Å². The fraction of sp³-hybridized carbons (Fsp3) is 0.0625. The molecule has 0 aliphatic carbocycles. The van der Waals surface area contributed by atoms with Crippen LogP contribution in [0.4, 0.5) is 0 Å². The minimum atomic E-state index is -0.141. The first kappa shape index (κ1) is 12.9. The Kier molecular flexibility index (Phi) is 3.30. The van der Waals surface area contributed by atoms with Gasteiger partial charge in [0.15, 0.2) is 0 Å². The second kappa shape index (κ2) is 5.12. The average Bonchev–Trinajstić information content (AvgIpc) is 2.86. The van der Waals surface area contributed by atoms with Gasteiger partial charge in [0.1, 0.15) is 0 Å². The third-order valence-corrected chi connectivity index (χ3v) is 3.53. The molecule has 0 saturated carbocycles. The Morgan fingerprint density at radius 1 is 1.10 bits per heavy atom. The first-order valence-electron chi connectivity index (χ1n) is 6.21. The molecule has 0 aliphatic heterocycles. The zero-order valence-electron chi connectivity index (χ0n) is 10.6. The van der Waals surface area contributed by atoms with Gasteiger partial charge in [0.2, 0.25) is 0 Å². The molecule has 0 fully saturated rings. The van der Waals surface area contributed by atoms with Gasteiger partial charge in [0.05, 0.1) is 12.1 Å². The van der Waals surface area contributed by atoms with Crippen LogP contribution in [0.15, 0.2) is 54.7 Å². The van der Waals surface area contributed by atoms with Gasteiger partial charge in [0, 0.05) is 27.7 Å². The molecule has 0 aliphatic rings. The number of rotatable bonds is 2. The number of carbonyl (C=O) groups excluding carboxylic acids is 1. The van der Waals surface area contributed by atoms with E-state index in [0.29, 0.717) is 10.6 Å². The van der Waals surface area contributed by atoms with Crippen molar-refractivity contribution in [3.05, 3.63) is 70.9 Å². The maximum atomic E-state index is 12.5. The second-order valence-electron chi connectivity index (χ2n) is 4.51. The number of aliphatic hydroxyl groups is 1. The Morgan fingerprint density at radius 3 is 2.50 bits per heavy atom. The highest BCUT2D eigenvalue weighted by molar-refractivity contribution is 6.30. The molecule has 3 rings (SSSR count). The van der Waals surface area contributed by atoms with Gasteiger partial charge < -0.3 is 5.11 Å². The molecule has 0 atom stereocenters. The number of hydrogen-bond donors (Lipinski definition) is 1. The van der Waals surface area contributed by atoms with Crippen LogP contribution in [0.25, 0.3) is 10.9 Å². The van der Waals surface area contributed by atoms with Gasteiger partial charge in [-0.15, -0.1) is 0 Å². The Morgan fingerprint density at radius 2 is 1.80 bits per heavy atom. The molecule has 1 aromatic heterocycles. The zero-order valence-corrected chi connectivity index (χ0v) is 11.3. The first-order chi connectivity index (χ1) is 9.70. The van der Waals surface area contributed by atoms with Crippen LogP contribution in [0.1, 0.15) is 15.9 Å². The van der Waals surface area contributed by atoms with Crippen molar-refractivity contribution in [3.63, 3.8) is 0 Å². The maximum absolute atomic E-state index is 12.5. The molecule has 1 heterocycles. The Balaban J connectivity index is 2.14. The van der Waals surface area contributed by atoms with E-state index in [1.165, 1.54) is 0 Å². The van der Waals surface area contributed by atoms with Crippen LogP contribution in [-0.2, 0) is 6.61 Å². The van der Waals surface area contributed by atoms with Crippen LogP contribution in [0.2, 0.25) is 5.02 Å². The monoisotopic (exact) mass is 285 g/mol. The highest BCUT2D eigenvalue weighted by Crippen LogP contribution is 2.22. The summed E-state index contributed by atoms with van der Waals surface area (Å²) in [4.78, 5) is 12.5. The highest BCUT2D eigenvalue weighted by atomic mass is 35.5. The summed E-state index contributed by atoms with van der Waals surface area (Å²) in [6.07, 6.45) is 1.68. The summed E-state index contributed by atoms with van der Waals surface area (Å²) >= 11 is 5.83. The lowest BCUT2D eigenvalue weighted by molar-refractivity contribution is 0.0964. The van der Waals surface area contributed by atoms with E-state index in [4.69, 9.17) is 11.6 Å². The van der Waals surface area contributed by atoms with Gasteiger partial charge in [-0.05, 0) is 30.3 Å². The topological polar surface area (TPSA) is 42.2 Å². The van der Waals surface area contributed by atoms with E-state index in [-0.39, 0.29) is 12.5 Å². The smallest absolute Gasteiger partial charge is 0.262 e. The van der Waals surface area contributed by atoms with Gasteiger partial charge in [-0.1, -0.05) is 29.8 Å². The van der Waals surface area contributed by atoms with E-state index in [0.717, 1.165) is 16.5 Å². The van der Waals surface area contributed by atoms with Crippen molar-refractivity contribution in [2.45, 2.75) is 6.61 Å². The van der Waals surface area contributed by atoms with Crippen molar-refractivity contribution >= 4 is 28.4 Å². The van der Waals surface area contributed by atoms with Gasteiger partial charge in [-0.2, -0.15) is 0 Å². The van der Waals surface area contributed by atoms with E-state index < -0.39 is 0 Å². The molecule has 0 unspecified atom stereocenters. The predicted molar refractivity (Wildman–Crippen MR) is 79.0 cm³/mol. The highest BCUT2D eigenvalue weighted by Gasteiger charge is 2.14. The van der Waals surface area contributed by atoms with Crippen molar-refractivity contribution in [1.82, 2.24) is 4.57 Å². The maximum Gasteiger partial charge on any atom is 0.262 e. The van der Waals surface area contributed by atoms with Gasteiger partial charge >= 0.3 is 0 Å². The fourth-order valence-corrected chi connectivity index (χ4v) is 2.40. The summed E-state index contributed by atoms with van der Waals surface area (Å²) in [5, 5.41) is 10.9. The van der Waals surface area contributed by atoms with E-state index >= 15 is 0 Å². The lowest BCUT2D eigenvalue weighted by Gasteiger charge is -2.04. The standard InChI is InChI=1S/C16H12ClNO2/c17-13-7-5-11(6-8-13)16(20)18-9-12(10-19)14-3-1-2-4-15(14)18/h1-9,19H,10H2. The summed E-state index contributed by atoms with van der Waals surface area (Å²) in [5.41, 5.74) is 2.08. The number of nitrogens with zero attached hydrogens (tertiary/aromatic N) is 1. The van der Waals surface area contributed by atoms with E-state index in [2.05, 4.69) is 0 Å². The molecule has 2 aromatic carbocycles. The van der Waals surface area contributed by atoms with Gasteiger partial charge in [-0.25, -0.2) is 0 Å². The van der Waals surface area contributed by atoms with Crippen molar-refractivity contribution in [3.8, 4) is 0 Å². The van der Waals surface area contributed by atoms with E-state index in [1.807, 2.05) is 24.3 Å². The van der Waals surface area contributed by atoms with Crippen molar-refractivity contribution in [2.75, 3.05) is 0 Å². The molecule has 0 saturated heterocycles. The minimum absolute atomic E-state index is 0.0958. The largest absolute Gasteiger partial charge is 0.392 e. The number of fused-ring (bicyclic) bond motifs is 1. The molecule has 0 radical (unpaired) electrons. The number of aromatic nitrogens is 1. The molecule has 1 N–H and O–H groups in total. The zero-order chi connectivity index (χ0) is 14.1. The van der Waals surface area contributed by atoms with Crippen LogP contribution in [0, 0.1) is 0 Å². The molecule has 3 aromatic rings. The number of para-hydroxylation sites is 1. The number of carbonyl (C=O) groups is 1. The van der Waals surface area contributed by atoms with Crippen LogP contribution in [0.3, 0.4) is 0 Å². The summed E-state index contributed by atoms with van der Waals surface area (Å²) in [6.45, 7) is -0.0958. The normalized spacial score (nSPS) is 10.9. The number of aliphatic hydroxyl groups excluding tert-OH is 1. The Hall–Kier alpha value is -2.10. The molecule has 0 amide bonds. The summed E-state index contributed by atoms with van der Waals surface area (Å²) in [7, 11) is 0. The second-order valence-corrected chi connectivity index (χ2v) is 4.95. The predicted octanol–water partition coefficient (Wildman–Crippen LogP) is 3.48. The number of hydrogen-bond acceptors (Lipinski definition) is 2. The molecule has 100 valence electrons. The van der Waals surface area contributed by atoms with Crippen LogP contribution < -0.4 is 0 Å². The third-order valence-electron chi connectivity index (χ3n) is 3.27. The lowest BCUT2D eigenvalue weighted by atomic mass is 10.2. The molecule has 3 nitrogen and oxygen atoms in total. The number of benzene rings is 2. The Bertz CT molecular complexity index is 775.